The largest absolute Gasteiger partial charge is 0.492 e. The van der Waals surface area contributed by atoms with Gasteiger partial charge in [0.1, 0.15) is 5.75 Å². The Labute approximate surface area is 119 Å². The summed E-state index contributed by atoms with van der Waals surface area (Å²) in [5.41, 5.74) is 0.655. The fourth-order valence-electron chi connectivity index (χ4n) is 1.80. The lowest BCUT2D eigenvalue weighted by molar-refractivity contribution is -0.117. The van der Waals surface area contributed by atoms with E-state index >= 15 is 0 Å². The fraction of sp³-hybridized carbons (Fsp3) is 0.400. The molecule has 0 aromatic heterocycles. The van der Waals surface area contributed by atoms with E-state index in [2.05, 4.69) is 11.9 Å². The van der Waals surface area contributed by atoms with Gasteiger partial charge >= 0.3 is 0 Å². The van der Waals surface area contributed by atoms with Gasteiger partial charge in [0, 0.05) is 13.1 Å². The highest BCUT2D eigenvalue weighted by Crippen LogP contribution is 2.23. The van der Waals surface area contributed by atoms with Crippen LogP contribution < -0.4 is 10.1 Å². The molecule has 20 heavy (non-hydrogen) atoms. The molecule has 0 aliphatic rings. The standard InChI is InChI=1S/C15H22N2O3/c1-3-9-17(10-11-18)12-15(19)16-13-7-5-6-8-14(13)20-4-2/h3,5-8,18H,1,4,9-12H2,2H3,(H,16,19). The molecular formula is C15H22N2O3. The normalized spacial score (nSPS) is 10.3. The first-order chi connectivity index (χ1) is 9.71. The zero-order valence-corrected chi connectivity index (χ0v) is 11.8. The maximum absolute atomic E-state index is 12.0. The van der Waals surface area contributed by atoms with Crippen molar-refractivity contribution >= 4 is 11.6 Å². The summed E-state index contributed by atoms with van der Waals surface area (Å²) in [6.07, 6.45) is 1.71. The molecule has 0 unspecified atom stereocenters. The van der Waals surface area contributed by atoms with Gasteiger partial charge in [0.15, 0.2) is 0 Å². The van der Waals surface area contributed by atoms with E-state index < -0.39 is 0 Å². The van der Waals surface area contributed by atoms with Crippen LogP contribution in [0.15, 0.2) is 36.9 Å². The Morgan fingerprint density at radius 3 is 2.90 bits per heavy atom. The molecule has 110 valence electrons. The van der Waals surface area contributed by atoms with Gasteiger partial charge in [-0.05, 0) is 19.1 Å². The lowest BCUT2D eigenvalue weighted by Gasteiger charge is -2.19. The zero-order chi connectivity index (χ0) is 14.8. The van der Waals surface area contributed by atoms with Crippen LogP contribution in [0.1, 0.15) is 6.92 Å². The van der Waals surface area contributed by atoms with Gasteiger partial charge in [-0.2, -0.15) is 0 Å². The lowest BCUT2D eigenvalue weighted by atomic mass is 10.3. The van der Waals surface area contributed by atoms with Gasteiger partial charge in [-0.25, -0.2) is 0 Å². The Hall–Kier alpha value is -1.85. The van der Waals surface area contributed by atoms with E-state index in [9.17, 15) is 4.79 Å². The maximum atomic E-state index is 12.0. The van der Waals surface area contributed by atoms with Gasteiger partial charge in [-0.1, -0.05) is 18.2 Å². The molecule has 0 aliphatic carbocycles. The van der Waals surface area contributed by atoms with Crippen molar-refractivity contribution in [1.29, 1.82) is 0 Å². The second-order valence-corrected chi connectivity index (χ2v) is 4.22. The molecule has 2 N–H and O–H groups in total. The van der Waals surface area contributed by atoms with Crippen LogP contribution in [-0.4, -0.2) is 48.8 Å². The number of para-hydroxylation sites is 2. The Morgan fingerprint density at radius 1 is 1.50 bits per heavy atom. The molecule has 0 aliphatic heterocycles. The third kappa shape index (κ3) is 5.42. The Morgan fingerprint density at radius 2 is 2.25 bits per heavy atom. The molecule has 0 radical (unpaired) electrons. The third-order valence-corrected chi connectivity index (χ3v) is 2.63. The van der Waals surface area contributed by atoms with E-state index in [1.807, 2.05) is 30.0 Å². The highest BCUT2D eigenvalue weighted by Gasteiger charge is 2.11. The van der Waals surface area contributed by atoms with Gasteiger partial charge < -0.3 is 15.2 Å². The minimum atomic E-state index is -0.146. The van der Waals surface area contributed by atoms with Crippen molar-refractivity contribution in [3.63, 3.8) is 0 Å². The number of benzene rings is 1. The average Bonchev–Trinajstić information content (AvgIpc) is 2.42. The quantitative estimate of drug-likeness (QED) is 0.672. The number of carbonyl (C=O) groups is 1. The van der Waals surface area contributed by atoms with Crippen LogP contribution in [0.4, 0.5) is 5.69 Å². The van der Waals surface area contributed by atoms with Crippen molar-refractivity contribution in [3.8, 4) is 5.75 Å². The lowest BCUT2D eigenvalue weighted by Crippen LogP contribution is -2.35. The SMILES string of the molecule is C=CCN(CCO)CC(=O)Nc1ccccc1OCC. The number of hydrogen-bond acceptors (Lipinski definition) is 4. The summed E-state index contributed by atoms with van der Waals surface area (Å²) < 4.78 is 5.45. The van der Waals surface area contributed by atoms with Crippen LogP contribution in [-0.2, 0) is 4.79 Å². The second-order valence-electron chi connectivity index (χ2n) is 4.22. The van der Waals surface area contributed by atoms with Gasteiger partial charge in [-0.3, -0.25) is 9.69 Å². The number of ether oxygens (including phenoxy) is 1. The predicted molar refractivity (Wildman–Crippen MR) is 80.0 cm³/mol. The summed E-state index contributed by atoms with van der Waals surface area (Å²) in [6.45, 7) is 7.28. The van der Waals surface area contributed by atoms with Crippen molar-refractivity contribution in [2.45, 2.75) is 6.92 Å². The first-order valence-electron chi connectivity index (χ1n) is 6.67. The van der Waals surface area contributed by atoms with Crippen LogP contribution in [0, 0.1) is 0 Å². The summed E-state index contributed by atoms with van der Waals surface area (Å²) in [5.74, 6) is 0.508. The zero-order valence-electron chi connectivity index (χ0n) is 11.8. The molecule has 0 spiro atoms. The van der Waals surface area contributed by atoms with Crippen molar-refractivity contribution < 1.29 is 14.6 Å². The highest BCUT2D eigenvalue weighted by atomic mass is 16.5. The van der Waals surface area contributed by atoms with Crippen LogP contribution >= 0.6 is 0 Å². The van der Waals surface area contributed by atoms with E-state index in [-0.39, 0.29) is 19.1 Å². The van der Waals surface area contributed by atoms with Gasteiger partial charge in [-0.15, -0.1) is 6.58 Å². The van der Waals surface area contributed by atoms with Crippen LogP contribution in [0.5, 0.6) is 5.75 Å². The second kappa shape index (κ2) is 9.12. The number of aliphatic hydroxyl groups is 1. The first kappa shape index (κ1) is 16.2. The Kier molecular flexibility index (Phi) is 7.39. The Bertz CT molecular complexity index is 435. The van der Waals surface area contributed by atoms with E-state index in [4.69, 9.17) is 9.84 Å². The van der Waals surface area contributed by atoms with Gasteiger partial charge in [0.05, 0.1) is 25.4 Å². The van der Waals surface area contributed by atoms with Crippen LogP contribution in [0.25, 0.3) is 0 Å². The average molecular weight is 278 g/mol. The molecule has 1 aromatic rings. The smallest absolute Gasteiger partial charge is 0.238 e. The van der Waals surface area contributed by atoms with E-state index in [1.54, 1.807) is 12.1 Å². The number of nitrogens with one attached hydrogen (secondary N) is 1. The summed E-state index contributed by atoms with van der Waals surface area (Å²) in [7, 11) is 0. The van der Waals surface area contributed by atoms with E-state index in [0.717, 1.165) is 0 Å². The number of anilines is 1. The van der Waals surface area contributed by atoms with Crippen molar-refractivity contribution in [2.24, 2.45) is 0 Å². The molecule has 5 nitrogen and oxygen atoms in total. The molecule has 0 fully saturated rings. The Balaban J connectivity index is 2.62. The fourth-order valence-corrected chi connectivity index (χ4v) is 1.80. The maximum Gasteiger partial charge on any atom is 0.238 e. The summed E-state index contributed by atoms with van der Waals surface area (Å²) in [4.78, 5) is 13.8. The molecule has 1 aromatic carbocycles. The number of hydrogen-bond donors (Lipinski definition) is 2. The van der Waals surface area contributed by atoms with Gasteiger partial charge in [0.2, 0.25) is 5.91 Å². The molecule has 1 amide bonds. The summed E-state index contributed by atoms with van der Waals surface area (Å²) in [5, 5.41) is 11.8. The molecule has 5 heteroatoms. The highest BCUT2D eigenvalue weighted by molar-refractivity contribution is 5.93. The number of rotatable bonds is 9. The molecule has 0 saturated carbocycles. The third-order valence-electron chi connectivity index (χ3n) is 2.63. The van der Waals surface area contributed by atoms with Crippen molar-refractivity contribution in [2.75, 3.05) is 38.2 Å². The molecule has 1 rings (SSSR count). The van der Waals surface area contributed by atoms with Crippen LogP contribution in [0.3, 0.4) is 0 Å². The molecular weight excluding hydrogens is 256 g/mol. The predicted octanol–water partition coefficient (Wildman–Crippen LogP) is 1.50. The number of amides is 1. The van der Waals surface area contributed by atoms with Gasteiger partial charge in [0.25, 0.3) is 0 Å². The van der Waals surface area contributed by atoms with Crippen LogP contribution in [0.2, 0.25) is 0 Å². The van der Waals surface area contributed by atoms with E-state index in [0.29, 0.717) is 31.1 Å². The van der Waals surface area contributed by atoms with Crippen molar-refractivity contribution in [3.05, 3.63) is 36.9 Å². The first-order valence-corrected chi connectivity index (χ1v) is 6.67. The topological polar surface area (TPSA) is 61.8 Å². The molecule has 0 saturated heterocycles. The monoisotopic (exact) mass is 278 g/mol. The summed E-state index contributed by atoms with van der Waals surface area (Å²) >= 11 is 0. The van der Waals surface area contributed by atoms with E-state index in [1.165, 1.54) is 0 Å². The number of carbonyl (C=O) groups excluding carboxylic acids is 1. The minimum Gasteiger partial charge on any atom is -0.492 e. The minimum absolute atomic E-state index is 0.0106. The summed E-state index contributed by atoms with van der Waals surface area (Å²) in [6, 6.07) is 7.31. The number of nitrogens with zero attached hydrogens (tertiary/aromatic N) is 1. The molecule has 0 atom stereocenters. The molecule has 0 heterocycles. The van der Waals surface area contributed by atoms with Crippen molar-refractivity contribution in [1.82, 2.24) is 4.90 Å². The number of aliphatic hydroxyl groups excluding tert-OH is 1. The molecule has 0 bridgehead atoms.